The monoisotopic (exact) mass is 422 g/mol. The van der Waals surface area contributed by atoms with E-state index in [1.807, 2.05) is 24.4 Å². The molecule has 4 aromatic rings. The third-order valence-electron chi connectivity index (χ3n) is 4.77. The van der Waals surface area contributed by atoms with E-state index in [2.05, 4.69) is 39.8 Å². The van der Waals surface area contributed by atoms with Gasteiger partial charge in [-0.15, -0.1) is 11.3 Å². The fraction of sp³-hybridized carbons (Fsp3) is 0.227. The van der Waals surface area contributed by atoms with Gasteiger partial charge in [-0.25, -0.2) is 9.97 Å². The van der Waals surface area contributed by atoms with Crippen LogP contribution in [0.2, 0.25) is 0 Å². The molecule has 0 radical (unpaired) electrons. The number of furan rings is 1. The van der Waals surface area contributed by atoms with Crippen molar-refractivity contribution in [3.63, 3.8) is 0 Å². The molecule has 0 spiro atoms. The molecule has 0 unspecified atom stereocenters. The molecule has 4 heterocycles. The SMILES string of the molecule is CCOc1ncccc1C(=O)Nc1nc(-c2cc(C)n(Cc3ccco3)c2C)cs1. The van der Waals surface area contributed by atoms with E-state index < -0.39 is 0 Å². The first-order valence-electron chi connectivity index (χ1n) is 9.61. The summed E-state index contributed by atoms with van der Waals surface area (Å²) in [6.07, 6.45) is 3.28. The lowest BCUT2D eigenvalue weighted by Crippen LogP contribution is -2.14. The third-order valence-corrected chi connectivity index (χ3v) is 5.52. The predicted octanol–water partition coefficient (Wildman–Crippen LogP) is 4.92. The number of rotatable bonds is 7. The van der Waals surface area contributed by atoms with Crippen molar-refractivity contribution < 1.29 is 13.9 Å². The smallest absolute Gasteiger partial charge is 0.262 e. The van der Waals surface area contributed by atoms with E-state index >= 15 is 0 Å². The van der Waals surface area contributed by atoms with Gasteiger partial charge in [0, 0.05) is 28.5 Å². The maximum Gasteiger partial charge on any atom is 0.262 e. The van der Waals surface area contributed by atoms with Crippen molar-refractivity contribution in [2.45, 2.75) is 27.3 Å². The van der Waals surface area contributed by atoms with Crippen LogP contribution in [-0.4, -0.2) is 27.0 Å². The minimum absolute atomic E-state index is 0.296. The molecule has 0 aliphatic rings. The second-order valence-corrected chi connectivity index (χ2v) is 7.59. The zero-order valence-corrected chi connectivity index (χ0v) is 17.8. The van der Waals surface area contributed by atoms with Crippen LogP contribution in [0.25, 0.3) is 11.3 Å². The number of carbonyl (C=O) groups excluding carboxylic acids is 1. The average Bonchev–Trinajstić information content (AvgIpc) is 3.47. The number of pyridine rings is 1. The second-order valence-electron chi connectivity index (χ2n) is 6.73. The summed E-state index contributed by atoms with van der Waals surface area (Å²) in [5, 5.41) is 5.32. The lowest BCUT2D eigenvalue weighted by molar-refractivity contribution is 0.102. The van der Waals surface area contributed by atoms with E-state index in [-0.39, 0.29) is 5.91 Å². The number of nitrogens with one attached hydrogen (secondary N) is 1. The Kier molecular flexibility index (Phi) is 5.67. The lowest BCUT2D eigenvalue weighted by atomic mass is 10.2. The average molecular weight is 423 g/mol. The molecular formula is C22H22N4O3S. The van der Waals surface area contributed by atoms with Crippen molar-refractivity contribution in [3.05, 3.63) is 70.9 Å². The zero-order valence-electron chi connectivity index (χ0n) is 17.0. The van der Waals surface area contributed by atoms with Gasteiger partial charge in [-0.2, -0.15) is 0 Å². The van der Waals surface area contributed by atoms with Gasteiger partial charge in [0.05, 0.1) is 25.1 Å². The Morgan fingerprint density at radius 2 is 2.17 bits per heavy atom. The molecule has 30 heavy (non-hydrogen) atoms. The Bertz CT molecular complexity index is 1160. The highest BCUT2D eigenvalue weighted by Crippen LogP contribution is 2.31. The van der Waals surface area contributed by atoms with Gasteiger partial charge in [0.15, 0.2) is 5.13 Å². The molecule has 0 aromatic carbocycles. The summed E-state index contributed by atoms with van der Waals surface area (Å²) in [5.41, 5.74) is 4.46. The summed E-state index contributed by atoms with van der Waals surface area (Å²) >= 11 is 1.38. The molecule has 4 rings (SSSR count). The molecule has 8 heteroatoms. The number of aromatic nitrogens is 3. The number of thiazole rings is 1. The summed E-state index contributed by atoms with van der Waals surface area (Å²) in [6.45, 7) is 7.08. The van der Waals surface area contributed by atoms with Gasteiger partial charge in [-0.05, 0) is 51.1 Å². The molecule has 1 N–H and O–H groups in total. The van der Waals surface area contributed by atoms with E-state index in [1.165, 1.54) is 11.3 Å². The molecule has 0 saturated heterocycles. The molecule has 0 aliphatic heterocycles. The van der Waals surface area contributed by atoms with E-state index in [0.717, 1.165) is 28.4 Å². The summed E-state index contributed by atoms with van der Waals surface area (Å²) in [4.78, 5) is 21.4. The van der Waals surface area contributed by atoms with Crippen LogP contribution < -0.4 is 10.1 Å². The first-order chi connectivity index (χ1) is 14.6. The molecular weight excluding hydrogens is 400 g/mol. The van der Waals surface area contributed by atoms with Crippen molar-refractivity contribution in [3.8, 4) is 17.1 Å². The number of aryl methyl sites for hydroxylation is 1. The Balaban J connectivity index is 1.54. The van der Waals surface area contributed by atoms with Gasteiger partial charge < -0.3 is 13.7 Å². The standard InChI is InChI=1S/C22H22N4O3S/c1-4-28-21-17(8-5-9-23-21)20(27)25-22-24-19(13-30-22)18-11-14(2)26(15(18)3)12-16-7-6-10-29-16/h5-11,13H,4,12H2,1-3H3,(H,24,25,27). The van der Waals surface area contributed by atoms with Crippen LogP contribution in [0, 0.1) is 13.8 Å². The van der Waals surface area contributed by atoms with Gasteiger partial charge in [0.25, 0.3) is 5.91 Å². The Labute approximate surface area is 178 Å². The Hall–Kier alpha value is -3.39. The fourth-order valence-electron chi connectivity index (χ4n) is 3.30. The summed E-state index contributed by atoms with van der Waals surface area (Å²) in [5.74, 6) is 0.919. The highest BCUT2D eigenvalue weighted by Gasteiger charge is 2.18. The van der Waals surface area contributed by atoms with Crippen LogP contribution in [0.3, 0.4) is 0 Å². The summed E-state index contributed by atoms with van der Waals surface area (Å²) in [7, 11) is 0. The minimum Gasteiger partial charge on any atom is -0.477 e. The van der Waals surface area contributed by atoms with Crippen molar-refractivity contribution in [1.82, 2.24) is 14.5 Å². The van der Waals surface area contributed by atoms with Crippen LogP contribution in [0.5, 0.6) is 5.88 Å². The van der Waals surface area contributed by atoms with Crippen molar-refractivity contribution in [2.24, 2.45) is 0 Å². The molecule has 4 aromatic heterocycles. The number of anilines is 1. The van der Waals surface area contributed by atoms with Gasteiger partial charge in [0.1, 0.15) is 11.3 Å². The van der Waals surface area contributed by atoms with E-state index in [4.69, 9.17) is 9.15 Å². The van der Waals surface area contributed by atoms with E-state index in [1.54, 1.807) is 24.6 Å². The predicted molar refractivity (Wildman–Crippen MR) is 116 cm³/mol. The molecule has 0 bridgehead atoms. The topological polar surface area (TPSA) is 82.2 Å². The maximum atomic E-state index is 12.7. The van der Waals surface area contributed by atoms with Crippen molar-refractivity contribution in [2.75, 3.05) is 11.9 Å². The normalized spacial score (nSPS) is 10.9. The van der Waals surface area contributed by atoms with Gasteiger partial charge in [0.2, 0.25) is 5.88 Å². The second kappa shape index (κ2) is 8.54. The molecule has 0 saturated carbocycles. The van der Waals surface area contributed by atoms with Crippen LogP contribution in [0.1, 0.15) is 34.4 Å². The number of carbonyl (C=O) groups is 1. The number of nitrogens with zero attached hydrogens (tertiary/aromatic N) is 3. The third kappa shape index (κ3) is 3.99. The van der Waals surface area contributed by atoms with Crippen LogP contribution in [0.15, 0.2) is 52.6 Å². The van der Waals surface area contributed by atoms with Gasteiger partial charge >= 0.3 is 0 Å². The first-order valence-corrected chi connectivity index (χ1v) is 10.5. The van der Waals surface area contributed by atoms with Crippen molar-refractivity contribution >= 4 is 22.4 Å². The molecule has 0 aliphatic carbocycles. The molecule has 0 fully saturated rings. The minimum atomic E-state index is -0.296. The number of hydrogen-bond acceptors (Lipinski definition) is 6. The molecule has 0 atom stereocenters. The number of amides is 1. The Morgan fingerprint density at radius 1 is 1.30 bits per heavy atom. The molecule has 154 valence electrons. The zero-order chi connectivity index (χ0) is 21.1. The molecule has 7 nitrogen and oxygen atoms in total. The first kappa shape index (κ1) is 19.9. The van der Waals surface area contributed by atoms with Crippen LogP contribution in [-0.2, 0) is 6.54 Å². The van der Waals surface area contributed by atoms with Crippen LogP contribution in [0.4, 0.5) is 5.13 Å². The van der Waals surface area contributed by atoms with Gasteiger partial charge in [-0.3, -0.25) is 10.1 Å². The maximum absolute atomic E-state index is 12.7. The highest BCUT2D eigenvalue weighted by molar-refractivity contribution is 7.14. The van der Waals surface area contributed by atoms with E-state index in [9.17, 15) is 4.79 Å². The molecule has 1 amide bonds. The number of ether oxygens (including phenoxy) is 1. The van der Waals surface area contributed by atoms with E-state index in [0.29, 0.717) is 29.7 Å². The lowest BCUT2D eigenvalue weighted by Gasteiger charge is -2.08. The summed E-state index contributed by atoms with van der Waals surface area (Å²) in [6, 6.07) is 9.35. The van der Waals surface area contributed by atoms with Gasteiger partial charge in [-0.1, -0.05) is 0 Å². The van der Waals surface area contributed by atoms with Crippen molar-refractivity contribution in [1.29, 1.82) is 0 Å². The fourth-order valence-corrected chi connectivity index (χ4v) is 4.00. The largest absolute Gasteiger partial charge is 0.477 e. The number of hydrogen-bond donors (Lipinski definition) is 1. The quantitative estimate of drug-likeness (QED) is 0.457. The highest BCUT2D eigenvalue weighted by atomic mass is 32.1. The Morgan fingerprint density at radius 3 is 2.93 bits per heavy atom. The summed E-state index contributed by atoms with van der Waals surface area (Å²) < 4.78 is 13.1. The van der Waals surface area contributed by atoms with Crippen LogP contribution >= 0.6 is 11.3 Å².